The van der Waals surface area contributed by atoms with Crippen molar-refractivity contribution in [2.45, 2.75) is 33.7 Å². The number of phenols is 1. The van der Waals surface area contributed by atoms with Gasteiger partial charge in [0.25, 0.3) is 0 Å². The highest BCUT2D eigenvalue weighted by molar-refractivity contribution is 6.08. The number of phenolic OH excluding ortho intramolecular Hbond substituents is 1. The minimum atomic E-state index is -0.0675. The van der Waals surface area contributed by atoms with E-state index in [1.54, 1.807) is 19.4 Å². The summed E-state index contributed by atoms with van der Waals surface area (Å²) in [5, 5.41) is 13.1. The number of methoxy groups -OCH3 is 1. The second kappa shape index (κ2) is 8.79. The summed E-state index contributed by atoms with van der Waals surface area (Å²) in [7, 11) is 1.64. The molecule has 0 unspecified atom stereocenters. The molecule has 0 spiro atoms. The van der Waals surface area contributed by atoms with Crippen molar-refractivity contribution in [1.82, 2.24) is 5.32 Å². The van der Waals surface area contributed by atoms with Crippen LogP contribution in [0.5, 0.6) is 11.5 Å². The topological polar surface area (TPSA) is 71.7 Å². The van der Waals surface area contributed by atoms with Crippen LogP contribution < -0.4 is 10.1 Å². The van der Waals surface area contributed by atoms with Gasteiger partial charge in [-0.3, -0.25) is 4.79 Å². The smallest absolute Gasteiger partial charge is 0.224 e. The van der Waals surface area contributed by atoms with Crippen molar-refractivity contribution in [3.8, 4) is 11.5 Å². The van der Waals surface area contributed by atoms with Crippen molar-refractivity contribution in [3.05, 3.63) is 87.9 Å². The predicted molar refractivity (Wildman–Crippen MR) is 126 cm³/mol. The van der Waals surface area contributed by atoms with Crippen LogP contribution in [0.3, 0.4) is 0 Å². The molecule has 1 aliphatic carbocycles. The highest BCUT2D eigenvalue weighted by Gasteiger charge is 2.26. The molecule has 32 heavy (non-hydrogen) atoms. The Bertz CT molecular complexity index is 1210. The Balaban J connectivity index is 1.70. The summed E-state index contributed by atoms with van der Waals surface area (Å²) in [5.41, 5.74) is 7.87. The lowest BCUT2D eigenvalue weighted by Gasteiger charge is -2.09. The third-order valence-corrected chi connectivity index (χ3v) is 5.90. The maximum Gasteiger partial charge on any atom is 0.224 e. The van der Waals surface area contributed by atoms with E-state index in [-0.39, 0.29) is 12.3 Å². The van der Waals surface area contributed by atoms with Crippen LogP contribution in [0, 0.1) is 13.8 Å². The predicted octanol–water partition coefficient (Wildman–Crippen LogP) is 5.64. The van der Waals surface area contributed by atoms with E-state index in [1.807, 2.05) is 57.2 Å². The van der Waals surface area contributed by atoms with Crippen LogP contribution in [-0.4, -0.2) is 18.1 Å². The SMILES string of the molecule is COc1ccc2c(c1)C(CC(=O)NCc1ccco1)=C(C)C2=Cc1cc(C)c(O)c(C)c1. The van der Waals surface area contributed by atoms with Gasteiger partial charge in [0, 0.05) is 0 Å². The summed E-state index contributed by atoms with van der Waals surface area (Å²) in [4.78, 5) is 12.7. The van der Waals surface area contributed by atoms with Gasteiger partial charge in [0.2, 0.25) is 5.91 Å². The Morgan fingerprint density at radius 1 is 1.09 bits per heavy atom. The molecular formula is C27H27NO4. The van der Waals surface area contributed by atoms with Gasteiger partial charge in [-0.25, -0.2) is 0 Å². The fourth-order valence-electron chi connectivity index (χ4n) is 4.18. The number of carbonyl (C=O) groups is 1. The molecular weight excluding hydrogens is 402 g/mol. The lowest BCUT2D eigenvalue weighted by atomic mass is 9.98. The molecule has 0 aliphatic heterocycles. The Labute approximate surface area is 188 Å². The third kappa shape index (κ3) is 4.19. The third-order valence-electron chi connectivity index (χ3n) is 5.90. The number of fused-ring (bicyclic) bond motifs is 1. The highest BCUT2D eigenvalue weighted by atomic mass is 16.5. The molecule has 2 aromatic carbocycles. The van der Waals surface area contributed by atoms with Crippen molar-refractivity contribution in [3.63, 3.8) is 0 Å². The zero-order valence-corrected chi connectivity index (χ0v) is 18.8. The van der Waals surface area contributed by atoms with Crippen LogP contribution in [0.25, 0.3) is 17.2 Å². The molecule has 3 aromatic rings. The van der Waals surface area contributed by atoms with Crippen molar-refractivity contribution in [1.29, 1.82) is 0 Å². The normalized spacial score (nSPS) is 14.1. The maximum absolute atomic E-state index is 12.7. The number of hydrogen-bond donors (Lipinski definition) is 2. The number of benzene rings is 2. The van der Waals surface area contributed by atoms with E-state index in [1.165, 1.54) is 0 Å². The zero-order valence-electron chi connectivity index (χ0n) is 18.8. The molecule has 1 aliphatic rings. The molecule has 164 valence electrons. The average molecular weight is 430 g/mol. The molecule has 1 heterocycles. The van der Waals surface area contributed by atoms with Gasteiger partial charge in [0.15, 0.2) is 0 Å². The standard InChI is InChI=1S/C27H27NO4/c1-16-10-19(11-17(2)27(16)30)12-23-18(3)24(25-13-20(31-4)7-8-22(23)25)14-26(29)28-15-21-6-5-9-32-21/h5-13,30H,14-15H2,1-4H3,(H,28,29). The first kappa shape index (κ1) is 21.5. The first-order valence-electron chi connectivity index (χ1n) is 10.6. The van der Waals surface area contributed by atoms with Gasteiger partial charge in [-0.2, -0.15) is 0 Å². The van der Waals surface area contributed by atoms with Gasteiger partial charge in [0.1, 0.15) is 17.3 Å². The molecule has 1 amide bonds. The summed E-state index contributed by atoms with van der Waals surface area (Å²) in [6.45, 7) is 6.20. The van der Waals surface area contributed by atoms with Gasteiger partial charge in [-0.05, 0) is 108 Å². The van der Waals surface area contributed by atoms with Gasteiger partial charge in [-0.15, -0.1) is 0 Å². The van der Waals surface area contributed by atoms with Crippen LogP contribution in [0.1, 0.15) is 46.9 Å². The van der Waals surface area contributed by atoms with Gasteiger partial charge in [0.05, 0.1) is 26.3 Å². The molecule has 1 aromatic heterocycles. The van der Waals surface area contributed by atoms with Crippen LogP contribution in [-0.2, 0) is 11.3 Å². The van der Waals surface area contributed by atoms with Crippen LogP contribution in [0.4, 0.5) is 0 Å². The second-order valence-electron chi connectivity index (χ2n) is 8.11. The molecule has 0 saturated heterocycles. The molecule has 0 atom stereocenters. The van der Waals surface area contributed by atoms with Crippen molar-refractivity contribution >= 4 is 23.1 Å². The monoisotopic (exact) mass is 429 g/mol. The van der Waals surface area contributed by atoms with Gasteiger partial charge < -0.3 is 19.6 Å². The first-order valence-corrected chi connectivity index (χ1v) is 10.6. The summed E-state index contributed by atoms with van der Waals surface area (Å²) in [6, 6.07) is 13.5. The number of ether oxygens (including phenoxy) is 1. The molecule has 4 rings (SSSR count). The molecule has 0 saturated carbocycles. The fraction of sp³-hybridized carbons (Fsp3) is 0.222. The van der Waals surface area contributed by atoms with Crippen molar-refractivity contribution in [2.24, 2.45) is 0 Å². The summed E-state index contributed by atoms with van der Waals surface area (Å²) < 4.78 is 10.7. The Morgan fingerprint density at radius 3 is 2.50 bits per heavy atom. The molecule has 2 N–H and O–H groups in total. The quantitative estimate of drug-likeness (QED) is 0.532. The minimum absolute atomic E-state index is 0.0675. The van der Waals surface area contributed by atoms with E-state index in [0.29, 0.717) is 12.3 Å². The molecule has 5 nitrogen and oxygen atoms in total. The van der Waals surface area contributed by atoms with Crippen LogP contribution >= 0.6 is 0 Å². The van der Waals surface area contributed by atoms with E-state index in [4.69, 9.17) is 9.15 Å². The van der Waals surface area contributed by atoms with Crippen LogP contribution in [0.15, 0.2) is 58.7 Å². The van der Waals surface area contributed by atoms with E-state index in [0.717, 1.165) is 56.0 Å². The summed E-state index contributed by atoms with van der Waals surface area (Å²) in [5.74, 6) is 1.73. The average Bonchev–Trinajstić information content (AvgIpc) is 3.38. The lowest BCUT2D eigenvalue weighted by molar-refractivity contribution is -0.120. The van der Waals surface area contributed by atoms with Crippen molar-refractivity contribution in [2.75, 3.05) is 7.11 Å². The number of allylic oxidation sites excluding steroid dienone is 2. The van der Waals surface area contributed by atoms with E-state index < -0.39 is 0 Å². The lowest BCUT2D eigenvalue weighted by Crippen LogP contribution is -2.22. The number of aryl methyl sites for hydroxylation is 2. The Hall–Kier alpha value is -3.73. The largest absolute Gasteiger partial charge is 0.507 e. The molecule has 0 radical (unpaired) electrons. The van der Waals surface area contributed by atoms with Gasteiger partial charge >= 0.3 is 0 Å². The number of rotatable bonds is 6. The number of amides is 1. The maximum atomic E-state index is 12.7. The zero-order chi connectivity index (χ0) is 22.8. The van der Waals surface area contributed by atoms with E-state index >= 15 is 0 Å². The number of aromatic hydroxyl groups is 1. The number of hydrogen-bond acceptors (Lipinski definition) is 4. The van der Waals surface area contributed by atoms with Crippen molar-refractivity contribution < 1.29 is 19.1 Å². The molecule has 0 fully saturated rings. The second-order valence-corrected chi connectivity index (χ2v) is 8.11. The van der Waals surface area contributed by atoms with Gasteiger partial charge in [-0.1, -0.05) is 6.07 Å². The Morgan fingerprint density at radius 2 is 1.84 bits per heavy atom. The van der Waals surface area contributed by atoms with E-state index in [9.17, 15) is 9.90 Å². The highest BCUT2D eigenvalue weighted by Crippen LogP contribution is 2.45. The number of nitrogens with one attached hydrogen (secondary N) is 1. The Kier molecular flexibility index (Phi) is 5.91. The number of carbonyl (C=O) groups excluding carboxylic acids is 1. The van der Waals surface area contributed by atoms with Crippen LogP contribution in [0.2, 0.25) is 0 Å². The molecule has 5 heteroatoms. The minimum Gasteiger partial charge on any atom is -0.507 e. The van der Waals surface area contributed by atoms with E-state index in [2.05, 4.69) is 11.4 Å². The molecule has 0 bridgehead atoms. The fourth-order valence-corrected chi connectivity index (χ4v) is 4.18. The first-order chi connectivity index (χ1) is 15.4. The summed E-state index contributed by atoms with van der Waals surface area (Å²) >= 11 is 0. The number of furan rings is 1. The summed E-state index contributed by atoms with van der Waals surface area (Å²) in [6.07, 6.45) is 3.98.